The zero-order valence-corrected chi connectivity index (χ0v) is 14.7. The average Bonchev–Trinajstić information content (AvgIpc) is 2.01. The molecule has 0 aliphatic rings. The molecular weight excluding hydrogens is 284 g/mol. The Hall–Kier alpha value is 0.643. The average molecular weight is 307 g/mol. The van der Waals surface area contributed by atoms with Gasteiger partial charge in [0.2, 0.25) is 0 Å². The standard InChI is InChI=1S/C11H23GeOPS/c1-9(2)14(15,10(3)4)11(8-13)12(5,6)7/h9-10H,1-7H3. The van der Waals surface area contributed by atoms with E-state index in [1.165, 1.54) is 0 Å². The van der Waals surface area contributed by atoms with Crippen LogP contribution in [-0.4, -0.2) is 30.5 Å². The minimum atomic E-state index is -2.12. The zero-order valence-electron chi connectivity index (χ0n) is 10.9. The molecule has 0 aromatic rings. The third kappa shape index (κ3) is 3.30. The molecule has 0 radical (unpaired) electrons. The van der Waals surface area contributed by atoms with Crippen molar-refractivity contribution in [2.24, 2.45) is 0 Å². The van der Waals surface area contributed by atoms with Crippen molar-refractivity contribution in [2.75, 3.05) is 0 Å². The van der Waals surface area contributed by atoms with Gasteiger partial charge in [0.15, 0.2) is 0 Å². The molecule has 0 unspecified atom stereocenters. The van der Waals surface area contributed by atoms with E-state index in [9.17, 15) is 4.79 Å². The molecule has 4 heteroatoms. The van der Waals surface area contributed by atoms with Crippen molar-refractivity contribution in [3.8, 4) is 0 Å². The predicted molar refractivity (Wildman–Crippen MR) is 77.1 cm³/mol. The Balaban J connectivity index is 5.68. The summed E-state index contributed by atoms with van der Waals surface area (Å²) in [5.41, 5.74) is 0.850. The molecule has 0 fully saturated rings. The summed E-state index contributed by atoms with van der Waals surface area (Å²) in [4.78, 5) is 11.3. The second-order valence-corrected chi connectivity index (χ2v) is 22.7. The molecule has 88 valence electrons. The molecule has 0 aromatic carbocycles. The fourth-order valence-corrected chi connectivity index (χ4v) is 20.2. The van der Waals surface area contributed by atoms with Gasteiger partial charge in [0.25, 0.3) is 0 Å². The topological polar surface area (TPSA) is 17.1 Å². The summed E-state index contributed by atoms with van der Waals surface area (Å²) < 4.78 is 1.03. The van der Waals surface area contributed by atoms with Gasteiger partial charge in [0.1, 0.15) is 0 Å². The number of carbonyl (C=O) groups excluding carboxylic acids is 1. The summed E-state index contributed by atoms with van der Waals surface area (Å²) in [5, 5.41) is 0. The third-order valence-corrected chi connectivity index (χ3v) is 19.7. The Bertz CT molecular complexity index is 310. The Labute approximate surface area is 102 Å². The molecule has 15 heavy (non-hydrogen) atoms. The fraction of sp³-hybridized carbons (Fsp3) is 0.818. The van der Waals surface area contributed by atoms with Crippen LogP contribution >= 0.6 is 6.04 Å². The third-order valence-electron chi connectivity index (χ3n) is 2.69. The molecule has 0 aliphatic heterocycles. The first-order valence-electron chi connectivity index (χ1n) is 5.44. The Morgan fingerprint density at radius 1 is 1.13 bits per heavy atom. The molecule has 0 heterocycles. The van der Waals surface area contributed by atoms with Gasteiger partial charge in [-0.25, -0.2) is 0 Å². The van der Waals surface area contributed by atoms with Crippen LogP contribution in [0.3, 0.4) is 0 Å². The van der Waals surface area contributed by atoms with Crippen LogP contribution in [0.5, 0.6) is 0 Å². The molecule has 0 saturated carbocycles. The molecular formula is C11H23GeOPS. The van der Waals surface area contributed by atoms with Crippen molar-refractivity contribution in [3.05, 3.63) is 4.15 Å². The van der Waals surface area contributed by atoms with Gasteiger partial charge in [-0.05, 0) is 0 Å². The summed E-state index contributed by atoms with van der Waals surface area (Å²) in [6.45, 7) is 8.64. The van der Waals surface area contributed by atoms with Gasteiger partial charge in [-0.1, -0.05) is 0 Å². The second kappa shape index (κ2) is 5.32. The van der Waals surface area contributed by atoms with Crippen LogP contribution < -0.4 is 0 Å². The van der Waals surface area contributed by atoms with E-state index in [1.807, 2.05) is 0 Å². The quantitative estimate of drug-likeness (QED) is 0.445. The molecule has 0 aliphatic carbocycles. The molecule has 0 rings (SSSR count). The number of hydrogen-bond acceptors (Lipinski definition) is 2. The molecule has 0 bridgehead atoms. The van der Waals surface area contributed by atoms with Crippen molar-refractivity contribution < 1.29 is 4.79 Å². The summed E-state index contributed by atoms with van der Waals surface area (Å²) in [6, 6.07) is -1.69. The van der Waals surface area contributed by atoms with Gasteiger partial charge in [-0.2, -0.15) is 0 Å². The summed E-state index contributed by atoms with van der Waals surface area (Å²) >= 11 is 3.76. The maximum absolute atomic E-state index is 11.3. The SMILES string of the molecule is CC(C)P(=S)([C](=C=O)[Ge]([CH3])([CH3])[CH3])C(C)C. The van der Waals surface area contributed by atoms with Crippen molar-refractivity contribution in [1.29, 1.82) is 0 Å². The minimum absolute atomic E-state index is 0.425. The fourth-order valence-electron chi connectivity index (χ4n) is 1.86. The molecule has 0 N–H and O–H groups in total. The second-order valence-electron chi connectivity index (χ2n) is 5.60. The maximum atomic E-state index is 11.3. The number of hydrogen-bond donors (Lipinski definition) is 0. The zero-order chi connectivity index (χ0) is 12.4. The van der Waals surface area contributed by atoms with E-state index >= 15 is 0 Å². The summed E-state index contributed by atoms with van der Waals surface area (Å²) in [7, 11) is 0. The van der Waals surface area contributed by atoms with E-state index in [1.54, 1.807) is 0 Å². The van der Waals surface area contributed by atoms with Crippen molar-refractivity contribution in [2.45, 2.75) is 56.3 Å². The first kappa shape index (κ1) is 15.6. The van der Waals surface area contributed by atoms with E-state index in [0.29, 0.717) is 11.3 Å². The van der Waals surface area contributed by atoms with E-state index in [0.717, 1.165) is 4.15 Å². The predicted octanol–water partition coefficient (Wildman–Crippen LogP) is 3.88. The van der Waals surface area contributed by atoms with E-state index in [-0.39, 0.29) is 0 Å². The van der Waals surface area contributed by atoms with Gasteiger partial charge >= 0.3 is 102 Å². The van der Waals surface area contributed by atoms with Crippen LogP contribution in [0, 0.1) is 0 Å². The van der Waals surface area contributed by atoms with Crippen LogP contribution in [0.4, 0.5) is 0 Å². The van der Waals surface area contributed by atoms with Crippen molar-refractivity contribution >= 4 is 37.1 Å². The molecule has 1 nitrogen and oxygen atoms in total. The molecule has 0 aromatic heterocycles. The normalized spacial score (nSPS) is 13.1. The Morgan fingerprint density at radius 3 is 1.53 bits per heavy atom. The van der Waals surface area contributed by atoms with Gasteiger partial charge in [0.05, 0.1) is 0 Å². The molecule has 0 atom stereocenters. The molecule has 0 saturated heterocycles. The van der Waals surface area contributed by atoms with E-state index in [2.05, 4.69) is 50.9 Å². The first-order chi connectivity index (χ1) is 6.58. The van der Waals surface area contributed by atoms with Gasteiger partial charge in [-0.3, -0.25) is 0 Å². The summed E-state index contributed by atoms with van der Waals surface area (Å²) in [6.07, 6.45) is 0. The molecule has 0 amide bonds. The summed E-state index contributed by atoms with van der Waals surface area (Å²) in [5.74, 6) is 8.97. The van der Waals surface area contributed by atoms with Crippen LogP contribution in [0.2, 0.25) is 17.3 Å². The van der Waals surface area contributed by atoms with Crippen LogP contribution in [-0.2, 0) is 16.6 Å². The Morgan fingerprint density at radius 2 is 1.47 bits per heavy atom. The van der Waals surface area contributed by atoms with Crippen molar-refractivity contribution in [1.82, 2.24) is 0 Å². The van der Waals surface area contributed by atoms with E-state index < -0.39 is 19.3 Å². The first-order valence-corrected chi connectivity index (χ1v) is 15.7. The van der Waals surface area contributed by atoms with Gasteiger partial charge < -0.3 is 0 Å². The van der Waals surface area contributed by atoms with Gasteiger partial charge in [-0.15, -0.1) is 0 Å². The van der Waals surface area contributed by atoms with Crippen LogP contribution in [0.1, 0.15) is 27.7 Å². The molecule has 0 spiro atoms. The monoisotopic (exact) mass is 308 g/mol. The van der Waals surface area contributed by atoms with E-state index in [4.69, 9.17) is 11.8 Å². The Kier molecular flexibility index (Phi) is 5.54. The van der Waals surface area contributed by atoms with Crippen LogP contribution in [0.15, 0.2) is 4.15 Å². The van der Waals surface area contributed by atoms with Crippen molar-refractivity contribution in [3.63, 3.8) is 0 Å². The van der Waals surface area contributed by atoms with Gasteiger partial charge in [0, 0.05) is 0 Å². The van der Waals surface area contributed by atoms with Crippen LogP contribution in [0.25, 0.3) is 0 Å². The number of rotatable bonds is 4.